The van der Waals surface area contributed by atoms with Crippen molar-refractivity contribution in [1.29, 1.82) is 0 Å². The first kappa shape index (κ1) is 26.6. The summed E-state index contributed by atoms with van der Waals surface area (Å²) in [5, 5.41) is 7.03. The van der Waals surface area contributed by atoms with E-state index >= 15 is 0 Å². The predicted molar refractivity (Wildman–Crippen MR) is 130 cm³/mol. The third-order valence-electron chi connectivity index (χ3n) is 4.95. The van der Waals surface area contributed by atoms with Gasteiger partial charge >= 0.3 is 6.18 Å². The second kappa shape index (κ2) is 11.2. The van der Waals surface area contributed by atoms with Crippen molar-refractivity contribution in [3.63, 3.8) is 0 Å². The van der Waals surface area contributed by atoms with E-state index in [2.05, 4.69) is 20.8 Å². The monoisotopic (exact) mass is 522 g/mol. The summed E-state index contributed by atoms with van der Waals surface area (Å²) in [6.07, 6.45) is -3.40. The second-order valence-corrected chi connectivity index (χ2v) is 7.77. The van der Waals surface area contributed by atoms with Crippen LogP contribution in [-0.2, 0) is 6.18 Å². The van der Waals surface area contributed by atoms with Crippen LogP contribution in [0.15, 0.2) is 47.6 Å². The number of nitrogens with one attached hydrogen (secondary N) is 2. The molecule has 0 unspecified atom stereocenters. The molecule has 0 saturated heterocycles. The number of ether oxygens (including phenoxy) is 3. The molecule has 0 aliphatic heterocycles. The van der Waals surface area contributed by atoms with Gasteiger partial charge in [-0.1, -0.05) is 17.7 Å². The zero-order valence-corrected chi connectivity index (χ0v) is 20.4. The number of hydrogen-bond donors (Lipinski definition) is 2. The van der Waals surface area contributed by atoms with Gasteiger partial charge in [-0.25, -0.2) is 10.4 Å². The standard InChI is InChI=1S/C24H22ClF3N4O4/c1-13-5-6-15(25)11-17(13)30-22-16(7-8-20(31-22)24(26,27)28)23(33)32-29-12-14-9-18(34-2)21(36-4)19(10-14)35-3/h5-12H,1-4H3,(H,30,31)(H,32,33)/b29-12+. The number of methoxy groups -OCH3 is 3. The normalized spacial score (nSPS) is 11.3. The molecule has 190 valence electrons. The van der Waals surface area contributed by atoms with Crippen molar-refractivity contribution in [2.75, 3.05) is 26.6 Å². The fraction of sp³-hybridized carbons (Fsp3) is 0.208. The van der Waals surface area contributed by atoms with E-state index in [4.69, 9.17) is 25.8 Å². The number of carbonyl (C=O) groups is 1. The van der Waals surface area contributed by atoms with Gasteiger partial charge in [0, 0.05) is 16.3 Å². The van der Waals surface area contributed by atoms with Gasteiger partial charge in [0.1, 0.15) is 11.5 Å². The van der Waals surface area contributed by atoms with Crippen molar-refractivity contribution in [2.45, 2.75) is 13.1 Å². The van der Waals surface area contributed by atoms with Crippen LogP contribution in [0, 0.1) is 6.92 Å². The number of hydrogen-bond acceptors (Lipinski definition) is 7. The van der Waals surface area contributed by atoms with Gasteiger partial charge in [0.05, 0.1) is 33.1 Å². The van der Waals surface area contributed by atoms with Gasteiger partial charge in [-0.3, -0.25) is 4.79 Å². The molecule has 3 aromatic rings. The summed E-state index contributed by atoms with van der Waals surface area (Å²) in [4.78, 5) is 16.4. The van der Waals surface area contributed by atoms with Gasteiger partial charge in [0.15, 0.2) is 11.5 Å². The minimum absolute atomic E-state index is 0.163. The largest absolute Gasteiger partial charge is 0.493 e. The zero-order valence-electron chi connectivity index (χ0n) is 19.7. The Bertz CT molecular complexity index is 1270. The summed E-state index contributed by atoms with van der Waals surface area (Å²) < 4.78 is 55.7. The molecule has 1 heterocycles. The Balaban J connectivity index is 1.91. The number of aromatic nitrogens is 1. The lowest BCUT2D eigenvalue weighted by Crippen LogP contribution is -2.21. The van der Waals surface area contributed by atoms with E-state index < -0.39 is 17.8 Å². The number of aryl methyl sites for hydroxylation is 1. The van der Waals surface area contributed by atoms with Crippen LogP contribution in [-0.4, -0.2) is 38.4 Å². The maximum atomic E-state index is 13.3. The van der Waals surface area contributed by atoms with Crippen molar-refractivity contribution in [3.8, 4) is 17.2 Å². The Labute approximate surface area is 210 Å². The topological polar surface area (TPSA) is 94.1 Å². The molecule has 1 aromatic heterocycles. The fourth-order valence-corrected chi connectivity index (χ4v) is 3.33. The number of carbonyl (C=O) groups excluding carboxylic acids is 1. The van der Waals surface area contributed by atoms with E-state index in [1.165, 1.54) is 33.6 Å². The van der Waals surface area contributed by atoms with E-state index in [-0.39, 0.29) is 11.4 Å². The number of amides is 1. The molecular formula is C24H22ClF3N4O4. The number of hydrazone groups is 1. The number of benzene rings is 2. The summed E-state index contributed by atoms with van der Waals surface area (Å²) in [6, 6.07) is 9.77. The Hall–Kier alpha value is -3.99. The van der Waals surface area contributed by atoms with Crippen LogP contribution < -0.4 is 25.0 Å². The number of halogens is 4. The van der Waals surface area contributed by atoms with E-state index in [1.807, 2.05) is 0 Å². The highest BCUT2D eigenvalue weighted by atomic mass is 35.5. The van der Waals surface area contributed by atoms with E-state index in [0.717, 1.165) is 6.07 Å². The summed E-state index contributed by atoms with van der Waals surface area (Å²) in [5.74, 6) is 0.0294. The summed E-state index contributed by atoms with van der Waals surface area (Å²) in [5.41, 5.74) is 2.55. The molecule has 0 atom stereocenters. The average Bonchev–Trinajstić information content (AvgIpc) is 2.84. The molecule has 0 saturated carbocycles. The van der Waals surface area contributed by atoms with Crippen LogP contribution in [0.3, 0.4) is 0 Å². The van der Waals surface area contributed by atoms with Crippen molar-refractivity contribution in [1.82, 2.24) is 10.4 Å². The van der Waals surface area contributed by atoms with Crippen LogP contribution in [0.5, 0.6) is 17.2 Å². The summed E-state index contributed by atoms with van der Waals surface area (Å²) in [6.45, 7) is 1.73. The zero-order chi connectivity index (χ0) is 26.5. The Morgan fingerprint density at radius 2 is 1.69 bits per heavy atom. The molecular weight excluding hydrogens is 501 g/mol. The first-order valence-corrected chi connectivity index (χ1v) is 10.7. The predicted octanol–water partition coefficient (Wildman–Crippen LogP) is 5.60. The SMILES string of the molecule is COc1cc(/C=N/NC(=O)c2ccc(C(F)(F)F)nc2Nc2cc(Cl)ccc2C)cc(OC)c1OC. The van der Waals surface area contributed by atoms with Crippen LogP contribution in [0.25, 0.3) is 0 Å². The molecule has 36 heavy (non-hydrogen) atoms. The number of nitrogens with zero attached hydrogens (tertiary/aromatic N) is 2. The van der Waals surface area contributed by atoms with Crippen molar-refractivity contribution in [2.24, 2.45) is 5.10 Å². The van der Waals surface area contributed by atoms with Gasteiger partial charge in [0.25, 0.3) is 5.91 Å². The van der Waals surface area contributed by atoms with Crippen molar-refractivity contribution < 1.29 is 32.2 Å². The molecule has 0 aliphatic rings. The Kier molecular flexibility index (Phi) is 8.25. The fourth-order valence-electron chi connectivity index (χ4n) is 3.15. The molecule has 12 heteroatoms. The van der Waals surface area contributed by atoms with Crippen LogP contribution in [0.1, 0.15) is 27.2 Å². The molecule has 3 rings (SSSR count). The number of rotatable bonds is 8. The lowest BCUT2D eigenvalue weighted by molar-refractivity contribution is -0.141. The van der Waals surface area contributed by atoms with E-state index in [1.54, 1.807) is 31.2 Å². The highest BCUT2D eigenvalue weighted by Gasteiger charge is 2.33. The smallest absolute Gasteiger partial charge is 0.433 e. The van der Waals surface area contributed by atoms with Crippen molar-refractivity contribution >= 4 is 35.2 Å². The van der Waals surface area contributed by atoms with Crippen LogP contribution in [0.2, 0.25) is 5.02 Å². The first-order valence-electron chi connectivity index (χ1n) is 10.3. The van der Waals surface area contributed by atoms with Crippen LogP contribution >= 0.6 is 11.6 Å². The molecule has 0 radical (unpaired) electrons. The maximum absolute atomic E-state index is 13.3. The Morgan fingerprint density at radius 3 is 2.28 bits per heavy atom. The molecule has 2 N–H and O–H groups in total. The molecule has 1 amide bonds. The highest BCUT2D eigenvalue weighted by molar-refractivity contribution is 6.30. The van der Waals surface area contributed by atoms with Crippen LogP contribution in [0.4, 0.5) is 24.7 Å². The number of pyridine rings is 1. The van der Waals surface area contributed by atoms with E-state index in [9.17, 15) is 18.0 Å². The van der Waals surface area contributed by atoms with Gasteiger partial charge in [0.2, 0.25) is 5.75 Å². The van der Waals surface area contributed by atoms with Gasteiger partial charge in [-0.2, -0.15) is 18.3 Å². The third kappa shape index (κ3) is 6.16. The molecule has 0 fully saturated rings. The lowest BCUT2D eigenvalue weighted by atomic mass is 10.1. The molecule has 0 spiro atoms. The van der Waals surface area contributed by atoms with Gasteiger partial charge < -0.3 is 19.5 Å². The molecule has 0 bridgehead atoms. The molecule has 8 nitrogen and oxygen atoms in total. The minimum Gasteiger partial charge on any atom is -0.493 e. The number of alkyl halides is 3. The van der Waals surface area contributed by atoms with Gasteiger partial charge in [-0.15, -0.1) is 0 Å². The molecule has 2 aromatic carbocycles. The van der Waals surface area contributed by atoms with E-state index in [0.29, 0.717) is 45.2 Å². The third-order valence-corrected chi connectivity index (χ3v) is 5.18. The minimum atomic E-state index is -4.71. The number of anilines is 2. The Morgan fingerprint density at radius 1 is 1.03 bits per heavy atom. The second-order valence-electron chi connectivity index (χ2n) is 7.33. The first-order chi connectivity index (χ1) is 17.1. The summed E-state index contributed by atoms with van der Waals surface area (Å²) in [7, 11) is 4.37. The average molecular weight is 523 g/mol. The lowest BCUT2D eigenvalue weighted by Gasteiger charge is -2.15. The van der Waals surface area contributed by atoms with Gasteiger partial charge in [-0.05, 0) is 48.9 Å². The highest BCUT2D eigenvalue weighted by Crippen LogP contribution is 2.37. The van der Waals surface area contributed by atoms with Crippen molar-refractivity contribution in [3.05, 3.63) is 69.9 Å². The summed E-state index contributed by atoms with van der Waals surface area (Å²) >= 11 is 6.01. The quantitative estimate of drug-likeness (QED) is 0.296. The maximum Gasteiger partial charge on any atom is 0.433 e. The molecule has 0 aliphatic carbocycles.